The van der Waals surface area contributed by atoms with Crippen LogP contribution in [0.1, 0.15) is 86.0 Å². The maximum atomic E-state index is 8.11. The van der Waals surface area contributed by atoms with E-state index in [1.54, 1.807) is 0 Å². The van der Waals surface area contributed by atoms with Crippen LogP contribution >= 0.6 is 0 Å². The third-order valence-corrected chi connectivity index (χ3v) is 3.32. The lowest BCUT2D eigenvalue weighted by Crippen LogP contribution is -2.21. The standard InChI is InChI=1S/C14H30O.C3H8O2/c1-5-9-11-13(7-3)15-14(8-4)12-10-6-2;1-3(5)2-4/h13-14H,5-12H2,1-4H3;3-5H,2H2,1H3. The molecular weight excluding hydrogens is 252 g/mol. The highest BCUT2D eigenvalue weighted by atomic mass is 16.5. The minimum absolute atomic E-state index is 0.139. The van der Waals surface area contributed by atoms with Crippen LogP contribution in [0.2, 0.25) is 0 Å². The molecule has 0 aliphatic heterocycles. The third kappa shape index (κ3) is 15.9. The van der Waals surface area contributed by atoms with Gasteiger partial charge in [-0.2, -0.15) is 0 Å². The molecule has 0 amide bonds. The number of hydrogen-bond acceptors (Lipinski definition) is 3. The van der Waals surface area contributed by atoms with Gasteiger partial charge >= 0.3 is 0 Å². The summed E-state index contributed by atoms with van der Waals surface area (Å²) in [6.07, 6.45) is 10.5. The molecule has 124 valence electrons. The predicted molar refractivity (Wildman–Crippen MR) is 87.1 cm³/mol. The second-order valence-electron chi connectivity index (χ2n) is 5.51. The van der Waals surface area contributed by atoms with Gasteiger partial charge in [0, 0.05) is 0 Å². The zero-order valence-corrected chi connectivity index (χ0v) is 14.4. The van der Waals surface area contributed by atoms with Crippen molar-refractivity contribution >= 4 is 0 Å². The molecule has 0 fully saturated rings. The van der Waals surface area contributed by atoms with Gasteiger partial charge in [0.1, 0.15) is 0 Å². The summed E-state index contributed by atoms with van der Waals surface area (Å²) in [7, 11) is 0. The van der Waals surface area contributed by atoms with E-state index in [0.717, 1.165) is 0 Å². The van der Waals surface area contributed by atoms with Gasteiger partial charge in [-0.1, -0.05) is 53.4 Å². The normalized spacial score (nSPS) is 15.2. The van der Waals surface area contributed by atoms with E-state index in [0.29, 0.717) is 12.2 Å². The van der Waals surface area contributed by atoms with Crippen molar-refractivity contribution < 1.29 is 14.9 Å². The first-order valence-corrected chi connectivity index (χ1v) is 8.49. The van der Waals surface area contributed by atoms with E-state index >= 15 is 0 Å². The molecule has 0 aromatic heterocycles. The fraction of sp³-hybridized carbons (Fsp3) is 1.00. The number of hydrogen-bond donors (Lipinski definition) is 2. The Morgan fingerprint density at radius 1 is 0.850 bits per heavy atom. The quantitative estimate of drug-likeness (QED) is 0.596. The Hall–Kier alpha value is -0.120. The maximum absolute atomic E-state index is 8.11. The van der Waals surface area contributed by atoms with Gasteiger partial charge < -0.3 is 14.9 Å². The van der Waals surface area contributed by atoms with Crippen LogP contribution in [0.5, 0.6) is 0 Å². The first-order chi connectivity index (χ1) is 9.55. The van der Waals surface area contributed by atoms with E-state index in [9.17, 15) is 0 Å². The molecule has 0 radical (unpaired) electrons. The van der Waals surface area contributed by atoms with E-state index in [1.165, 1.54) is 58.3 Å². The van der Waals surface area contributed by atoms with Gasteiger partial charge in [-0.15, -0.1) is 0 Å². The molecule has 3 unspecified atom stereocenters. The van der Waals surface area contributed by atoms with E-state index in [4.69, 9.17) is 14.9 Å². The zero-order valence-electron chi connectivity index (χ0n) is 14.4. The van der Waals surface area contributed by atoms with Crippen LogP contribution in [0, 0.1) is 0 Å². The molecule has 0 saturated heterocycles. The minimum Gasteiger partial charge on any atom is -0.394 e. The molecule has 3 heteroatoms. The van der Waals surface area contributed by atoms with Crippen molar-refractivity contribution in [3.63, 3.8) is 0 Å². The SMILES string of the molecule is CC(O)CO.CCCCC(CC)OC(CC)CCCC. The summed E-state index contributed by atoms with van der Waals surface area (Å²) in [5.41, 5.74) is 0. The van der Waals surface area contributed by atoms with E-state index in [2.05, 4.69) is 27.7 Å². The van der Waals surface area contributed by atoms with Crippen molar-refractivity contribution in [2.75, 3.05) is 6.61 Å². The van der Waals surface area contributed by atoms with Gasteiger partial charge in [-0.25, -0.2) is 0 Å². The smallest absolute Gasteiger partial charge is 0.0742 e. The Bertz CT molecular complexity index is 158. The van der Waals surface area contributed by atoms with E-state index in [-0.39, 0.29) is 6.61 Å². The Labute approximate surface area is 126 Å². The second kappa shape index (κ2) is 16.9. The summed E-state index contributed by atoms with van der Waals surface area (Å²) in [5.74, 6) is 0. The fourth-order valence-electron chi connectivity index (χ4n) is 1.87. The highest BCUT2D eigenvalue weighted by Crippen LogP contribution is 2.16. The molecule has 0 heterocycles. The number of aliphatic hydroxyl groups excluding tert-OH is 2. The Kier molecular flexibility index (Phi) is 18.8. The average molecular weight is 290 g/mol. The van der Waals surface area contributed by atoms with Crippen LogP contribution in [-0.2, 0) is 4.74 Å². The van der Waals surface area contributed by atoms with Crippen molar-refractivity contribution in [2.24, 2.45) is 0 Å². The lowest BCUT2D eigenvalue weighted by Gasteiger charge is -2.23. The fourth-order valence-corrected chi connectivity index (χ4v) is 1.87. The Morgan fingerprint density at radius 2 is 1.20 bits per heavy atom. The highest BCUT2D eigenvalue weighted by Gasteiger charge is 2.12. The first kappa shape index (κ1) is 22.2. The van der Waals surface area contributed by atoms with E-state index in [1.807, 2.05) is 0 Å². The average Bonchev–Trinajstić information content (AvgIpc) is 2.47. The first-order valence-electron chi connectivity index (χ1n) is 8.49. The molecule has 0 saturated carbocycles. The molecule has 3 atom stereocenters. The molecule has 2 N–H and O–H groups in total. The van der Waals surface area contributed by atoms with Crippen LogP contribution in [0.4, 0.5) is 0 Å². The molecule has 0 bridgehead atoms. The lowest BCUT2D eigenvalue weighted by atomic mass is 10.1. The van der Waals surface area contributed by atoms with Crippen LogP contribution in [0.25, 0.3) is 0 Å². The molecule has 0 spiro atoms. The molecule has 3 nitrogen and oxygen atoms in total. The summed E-state index contributed by atoms with van der Waals surface area (Å²) < 4.78 is 6.15. The number of aliphatic hydroxyl groups is 2. The Morgan fingerprint density at radius 3 is 1.40 bits per heavy atom. The molecular formula is C17H38O3. The molecule has 0 rings (SSSR count). The van der Waals surface area contributed by atoms with Crippen molar-refractivity contribution in [1.82, 2.24) is 0 Å². The van der Waals surface area contributed by atoms with Crippen LogP contribution in [-0.4, -0.2) is 35.1 Å². The number of ether oxygens (including phenoxy) is 1. The molecule has 0 aliphatic carbocycles. The predicted octanol–water partition coefficient (Wildman–Crippen LogP) is 4.30. The molecule has 0 aliphatic rings. The van der Waals surface area contributed by atoms with E-state index < -0.39 is 6.10 Å². The van der Waals surface area contributed by atoms with Crippen molar-refractivity contribution in [2.45, 2.75) is 104 Å². The second-order valence-corrected chi connectivity index (χ2v) is 5.51. The van der Waals surface area contributed by atoms with Crippen LogP contribution in [0.3, 0.4) is 0 Å². The number of unbranched alkanes of at least 4 members (excludes halogenated alkanes) is 2. The summed E-state index contributed by atoms with van der Waals surface area (Å²) in [5, 5.41) is 16.0. The van der Waals surface area contributed by atoms with Gasteiger partial charge in [0.2, 0.25) is 0 Å². The third-order valence-electron chi connectivity index (χ3n) is 3.32. The summed E-state index contributed by atoms with van der Waals surface area (Å²) in [6, 6.07) is 0. The molecule has 0 aromatic carbocycles. The lowest BCUT2D eigenvalue weighted by molar-refractivity contribution is -0.0253. The van der Waals surface area contributed by atoms with Gasteiger partial charge in [0.25, 0.3) is 0 Å². The monoisotopic (exact) mass is 290 g/mol. The highest BCUT2D eigenvalue weighted by molar-refractivity contribution is 4.62. The maximum Gasteiger partial charge on any atom is 0.0742 e. The molecule has 0 aromatic rings. The van der Waals surface area contributed by atoms with Gasteiger partial charge in [-0.3, -0.25) is 0 Å². The summed E-state index contributed by atoms with van der Waals surface area (Å²) >= 11 is 0. The van der Waals surface area contributed by atoms with Gasteiger partial charge in [0.05, 0.1) is 24.9 Å². The van der Waals surface area contributed by atoms with Gasteiger partial charge in [-0.05, 0) is 32.6 Å². The van der Waals surface area contributed by atoms with Gasteiger partial charge in [0.15, 0.2) is 0 Å². The topological polar surface area (TPSA) is 49.7 Å². The van der Waals surface area contributed by atoms with Crippen molar-refractivity contribution in [3.05, 3.63) is 0 Å². The van der Waals surface area contributed by atoms with Crippen LogP contribution in [0.15, 0.2) is 0 Å². The summed E-state index contributed by atoms with van der Waals surface area (Å²) in [4.78, 5) is 0. The minimum atomic E-state index is -0.560. The van der Waals surface area contributed by atoms with Crippen LogP contribution < -0.4 is 0 Å². The van der Waals surface area contributed by atoms with Crippen molar-refractivity contribution in [1.29, 1.82) is 0 Å². The number of rotatable bonds is 11. The largest absolute Gasteiger partial charge is 0.394 e. The zero-order chi connectivity index (χ0) is 15.8. The Balaban J connectivity index is 0. The summed E-state index contributed by atoms with van der Waals surface area (Å²) in [6.45, 7) is 10.4. The van der Waals surface area contributed by atoms with Crippen molar-refractivity contribution in [3.8, 4) is 0 Å². The molecule has 20 heavy (non-hydrogen) atoms.